The second kappa shape index (κ2) is 12.8. The quantitative estimate of drug-likeness (QED) is 0.297. The fourth-order valence-corrected chi connectivity index (χ4v) is 5.04. The molecule has 0 aromatic heterocycles. The van der Waals surface area contributed by atoms with Gasteiger partial charge in [0.25, 0.3) is 0 Å². The van der Waals surface area contributed by atoms with E-state index >= 15 is 0 Å². The molecule has 0 radical (unpaired) electrons. The molecule has 1 fully saturated rings. The minimum absolute atomic E-state index is 0. The van der Waals surface area contributed by atoms with Gasteiger partial charge in [-0.3, -0.25) is 0 Å². The van der Waals surface area contributed by atoms with Gasteiger partial charge in [0.2, 0.25) is 6.09 Å². The normalized spacial score (nSPS) is 19.9. The van der Waals surface area contributed by atoms with Gasteiger partial charge in [-0.15, -0.1) is 0 Å². The summed E-state index contributed by atoms with van der Waals surface area (Å²) in [6.07, 6.45) is 1.68. The van der Waals surface area contributed by atoms with Gasteiger partial charge in [-0.1, -0.05) is 32.6 Å². The Kier molecular flexibility index (Phi) is 12.5. The van der Waals surface area contributed by atoms with Crippen LogP contribution in [0.1, 0.15) is 82.6 Å². The van der Waals surface area contributed by atoms with Gasteiger partial charge in [0, 0.05) is 30.6 Å². The van der Waals surface area contributed by atoms with Gasteiger partial charge in [0.05, 0.1) is 6.10 Å². The average molecular weight is 491 g/mol. The molecule has 0 spiro atoms. The van der Waals surface area contributed by atoms with Gasteiger partial charge >= 0.3 is 25.0 Å². The zero-order chi connectivity index (χ0) is 25.9. The molecular weight excluding hydrogens is 443 g/mol. The largest absolute Gasteiger partial charge is 1.00 e. The first kappa shape index (κ1) is 33.1. The summed E-state index contributed by atoms with van der Waals surface area (Å²) in [5.41, 5.74) is 0.585. The molecule has 0 aliphatic heterocycles. The van der Waals surface area contributed by atoms with Crippen molar-refractivity contribution in [3.63, 3.8) is 0 Å². The van der Waals surface area contributed by atoms with Crippen LogP contribution in [0.25, 0.3) is 0 Å². The first-order chi connectivity index (χ1) is 14.9. The summed E-state index contributed by atoms with van der Waals surface area (Å²) in [5, 5.41) is 0.0225. The Bertz CT molecular complexity index is 701. The van der Waals surface area contributed by atoms with Gasteiger partial charge in [-0.05, 0) is 73.5 Å². The summed E-state index contributed by atoms with van der Waals surface area (Å²) >= 11 is 0. The van der Waals surface area contributed by atoms with Crippen molar-refractivity contribution in [2.75, 3.05) is 0 Å². The predicted molar refractivity (Wildman–Crippen MR) is 134 cm³/mol. The maximum Gasteiger partial charge on any atom is 1.00 e. The fourth-order valence-electron chi connectivity index (χ4n) is 3.76. The molecule has 192 valence electrons. The molecule has 7 nitrogen and oxygen atoms in total. The number of amides is 2. The smallest absolute Gasteiger partial charge is 0.602 e. The molecule has 2 amide bonds. The van der Waals surface area contributed by atoms with E-state index in [2.05, 4.69) is 40.1 Å². The van der Waals surface area contributed by atoms with Crippen LogP contribution in [0.2, 0.25) is 18.1 Å². The summed E-state index contributed by atoms with van der Waals surface area (Å²) in [6, 6.07) is 0.00179. The van der Waals surface area contributed by atoms with E-state index in [-0.39, 0.29) is 60.3 Å². The maximum atomic E-state index is 12.9. The van der Waals surface area contributed by atoms with E-state index in [9.17, 15) is 9.59 Å². The Labute approximate surface area is 221 Å². The Balaban J connectivity index is 0.0000109. The molecule has 0 unspecified atom stereocenters. The predicted octanol–water partition coefficient (Wildman–Crippen LogP) is 3.35. The van der Waals surface area contributed by atoms with E-state index in [0.29, 0.717) is 12.0 Å². The first-order valence-corrected chi connectivity index (χ1v) is 15.1. The Hall–Kier alpha value is -0.946. The second-order valence-electron chi connectivity index (χ2n) is 11.6. The van der Waals surface area contributed by atoms with Crippen molar-refractivity contribution in [1.29, 1.82) is 0 Å². The van der Waals surface area contributed by atoms with E-state index in [0.717, 1.165) is 0 Å². The van der Waals surface area contributed by atoms with Crippen LogP contribution >= 0.6 is 0 Å². The van der Waals surface area contributed by atoms with E-state index < -0.39 is 20.5 Å². The van der Waals surface area contributed by atoms with Crippen LogP contribution in [-0.4, -0.2) is 66.7 Å². The van der Waals surface area contributed by atoms with E-state index in [1.165, 1.54) is 0 Å². The number of ether oxygens (including phenoxy) is 2. The van der Waals surface area contributed by atoms with E-state index in [1.807, 2.05) is 55.4 Å². The molecule has 1 saturated carbocycles. The molecule has 1 rings (SSSR count). The van der Waals surface area contributed by atoms with E-state index in [4.69, 9.17) is 13.9 Å². The molecular formula is C25H47LiN2O5Si. The molecule has 0 N–H and O–H groups in total. The first-order valence-electron chi connectivity index (χ1n) is 12.2. The minimum atomic E-state index is -2.08. The van der Waals surface area contributed by atoms with Crippen LogP contribution < -0.4 is 18.9 Å². The zero-order valence-electron chi connectivity index (χ0n) is 24.1. The number of carbonyl (C=O) groups excluding carboxylic acids is 2. The standard InChI is InChI=1S/C25H47N2O5Si.Li/c1-16(2)26(17(3)4)23(28)30-15-20-21(31-24(29)27(18(5)6)19(7)8)14-22(20)32-33(12,13)25(9,10)11;/h16-19,21-22H,14H2,1-13H3;/q-1;+1/t21-,22-;/m1./s1. The van der Waals surface area contributed by atoms with Gasteiger partial charge in [-0.25, -0.2) is 4.79 Å². The summed E-state index contributed by atoms with van der Waals surface area (Å²) < 4.78 is 17.8. The maximum absolute atomic E-state index is 12.9. The second-order valence-corrected chi connectivity index (χ2v) is 16.3. The number of hydrogen-bond acceptors (Lipinski definition) is 5. The van der Waals surface area contributed by atoms with Crippen LogP contribution in [0.3, 0.4) is 0 Å². The van der Waals surface area contributed by atoms with Crippen LogP contribution in [0.5, 0.6) is 0 Å². The van der Waals surface area contributed by atoms with Gasteiger partial charge in [-0.2, -0.15) is 0 Å². The van der Waals surface area contributed by atoms with Gasteiger partial charge < -0.3 is 28.5 Å². The number of hydrogen-bond donors (Lipinski definition) is 0. The molecule has 0 saturated heterocycles. The van der Waals surface area contributed by atoms with Gasteiger partial charge in [0.1, 0.15) is 6.10 Å². The van der Waals surface area contributed by atoms with Crippen molar-refractivity contribution in [1.82, 2.24) is 9.80 Å². The fraction of sp³-hybridized carbons (Fsp3) is 0.840. The molecule has 1 aliphatic rings. The van der Waals surface area contributed by atoms with Crippen molar-refractivity contribution in [3.8, 4) is 0 Å². The summed E-state index contributed by atoms with van der Waals surface area (Å²) in [4.78, 5) is 28.9. The van der Waals surface area contributed by atoms with Gasteiger partial charge in [0.15, 0.2) is 8.32 Å². The van der Waals surface area contributed by atoms with Crippen LogP contribution in [0.15, 0.2) is 5.57 Å². The third-order valence-corrected chi connectivity index (χ3v) is 11.0. The van der Waals surface area contributed by atoms with Crippen LogP contribution in [0.4, 0.5) is 9.59 Å². The number of nitrogens with zero attached hydrogens (tertiary/aromatic N) is 2. The van der Waals surface area contributed by atoms with Crippen molar-refractivity contribution < 1.29 is 42.3 Å². The van der Waals surface area contributed by atoms with Crippen molar-refractivity contribution in [2.45, 2.75) is 137 Å². The molecule has 0 aromatic rings. The number of carbonyl (C=O) groups is 2. The van der Waals surface area contributed by atoms with Crippen LogP contribution in [-0.2, 0) is 13.9 Å². The summed E-state index contributed by atoms with van der Waals surface area (Å²) in [5.74, 6) is 0. The molecule has 1 aliphatic carbocycles. The molecule has 2 atom stereocenters. The Morgan fingerprint density at radius 3 is 1.65 bits per heavy atom. The SMILES string of the molecule is CC(C)N(C(=O)O[C-]=C1[C@H](OC(=O)N(C(C)C)C(C)C)C[C@H]1O[Si](C)(C)C(C)(C)C)C(C)C.[Li+]. The summed E-state index contributed by atoms with van der Waals surface area (Å²) in [7, 11) is -2.08. The molecule has 0 aromatic carbocycles. The molecule has 34 heavy (non-hydrogen) atoms. The molecule has 9 heteroatoms. The zero-order valence-corrected chi connectivity index (χ0v) is 25.1. The minimum Gasteiger partial charge on any atom is -0.602 e. The average Bonchev–Trinajstić information content (AvgIpc) is 2.58. The van der Waals surface area contributed by atoms with Crippen molar-refractivity contribution in [3.05, 3.63) is 11.8 Å². The Morgan fingerprint density at radius 2 is 1.26 bits per heavy atom. The topological polar surface area (TPSA) is 68.3 Å². The number of rotatable bonds is 8. The Morgan fingerprint density at radius 1 is 0.853 bits per heavy atom. The van der Waals surface area contributed by atoms with Crippen molar-refractivity contribution in [2.24, 2.45) is 0 Å². The summed E-state index contributed by atoms with van der Waals surface area (Å²) in [6.45, 7) is 26.5. The molecule has 0 bridgehead atoms. The third kappa shape index (κ3) is 8.32. The van der Waals surface area contributed by atoms with Crippen molar-refractivity contribution >= 4 is 20.5 Å². The van der Waals surface area contributed by atoms with Crippen LogP contribution in [0, 0.1) is 6.26 Å². The molecule has 0 heterocycles. The van der Waals surface area contributed by atoms with E-state index in [1.54, 1.807) is 9.80 Å². The monoisotopic (exact) mass is 490 g/mol. The third-order valence-electron chi connectivity index (χ3n) is 6.51.